The smallest absolute Gasteiger partial charge is 0.263 e. The predicted octanol–water partition coefficient (Wildman–Crippen LogP) is 3.77. The van der Waals surface area contributed by atoms with E-state index < -0.39 is 0 Å². The van der Waals surface area contributed by atoms with Crippen LogP contribution in [0.15, 0.2) is 5.38 Å². The van der Waals surface area contributed by atoms with Crippen LogP contribution in [0.5, 0.6) is 0 Å². The van der Waals surface area contributed by atoms with Gasteiger partial charge >= 0.3 is 0 Å². The molecule has 2 nitrogen and oxygen atoms in total. The second-order valence-electron chi connectivity index (χ2n) is 4.37. The Kier molecular flexibility index (Phi) is 3.87. The van der Waals surface area contributed by atoms with Crippen molar-refractivity contribution in [2.24, 2.45) is 0 Å². The van der Waals surface area contributed by atoms with Crippen LogP contribution in [-0.4, -0.2) is 11.9 Å². The van der Waals surface area contributed by atoms with Crippen molar-refractivity contribution in [3.63, 3.8) is 0 Å². The molecule has 0 aromatic carbocycles. The van der Waals surface area contributed by atoms with Crippen molar-refractivity contribution >= 4 is 28.8 Å². The first-order chi connectivity index (χ1) is 7.68. The van der Waals surface area contributed by atoms with Gasteiger partial charge in [-0.2, -0.15) is 0 Å². The van der Waals surface area contributed by atoms with Gasteiger partial charge in [0, 0.05) is 6.04 Å². The number of amides is 1. The Labute approximate surface area is 105 Å². The molecule has 0 aliphatic heterocycles. The summed E-state index contributed by atoms with van der Waals surface area (Å²) in [7, 11) is 0. The van der Waals surface area contributed by atoms with Crippen molar-refractivity contribution in [2.75, 3.05) is 0 Å². The largest absolute Gasteiger partial charge is 0.349 e. The third kappa shape index (κ3) is 2.58. The van der Waals surface area contributed by atoms with Crippen LogP contribution in [0.4, 0.5) is 0 Å². The maximum Gasteiger partial charge on any atom is 0.263 e. The van der Waals surface area contributed by atoms with Crippen molar-refractivity contribution in [3.8, 4) is 0 Å². The Morgan fingerprint density at radius 2 is 2.12 bits per heavy atom. The van der Waals surface area contributed by atoms with Crippen molar-refractivity contribution in [1.29, 1.82) is 0 Å². The minimum Gasteiger partial charge on any atom is -0.349 e. The van der Waals surface area contributed by atoms with Crippen LogP contribution in [0.2, 0.25) is 5.02 Å². The fourth-order valence-corrected chi connectivity index (χ4v) is 3.26. The number of carbonyl (C=O) groups is 1. The lowest BCUT2D eigenvalue weighted by Crippen LogP contribution is -2.35. The molecule has 0 unspecified atom stereocenters. The molecule has 1 aliphatic carbocycles. The monoisotopic (exact) mass is 257 g/mol. The highest BCUT2D eigenvalue weighted by molar-refractivity contribution is 7.13. The number of aryl methyl sites for hydroxylation is 1. The van der Waals surface area contributed by atoms with Crippen molar-refractivity contribution in [3.05, 3.63) is 20.8 Å². The molecule has 0 radical (unpaired) electrons. The maximum atomic E-state index is 12.0. The summed E-state index contributed by atoms with van der Waals surface area (Å²) in [5, 5.41) is 5.61. The van der Waals surface area contributed by atoms with Gasteiger partial charge in [0.25, 0.3) is 5.91 Å². The Bertz CT molecular complexity index is 382. The molecule has 4 heteroatoms. The second-order valence-corrected chi connectivity index (χ2v) is 5.63. The topological polar surface area (TPSA) is 29.1 Å². The molecule has 0 saturated heterocycles. The molecule has 88 valence electrons. The summed E-state index contributed by atoms with van der Waals surface area (Å²) in [4.78, 5) is 12.6. The van der Waals surface area contributed by atoms with Gasteiger partial charge in [-0.3, -0.25) is 4.79 Å². The van der Waals surface area contributed by atoms with E-state index in [0.29, 0.717) is 15.9 Å². The molecule has 1 amide bonds. The van der Waals surface area contributed by atoms with Crippen LogP contribution in [0, 0.1) is 6.92 Å². The third-order valence-electron chi connectivity index (χ3n) is 3.05. The molecule has 2 rings (SSSR count). The molecule has 1 heterocycles. The summed E-state index contributed by atoms with van der Waals surface area (Å²) in [6.07, 6.45) is 5.96. The van der Waals surface area contributed by atoms with E-state index in [4.69, 9.17) is 11.6 Å². The summed E-state index contributed by atoms with van der Waals surface area (Å²) in [6.45, 7) is 1.93. The Hall–Kier alpha value is -0.540. The molecule has 1 aromatic rings. The standard InChI is InChI=1S/C12H16ClNOS/c1-8-7-16-11(10(8)13)12(15)14-9-5-3-2-4-6-9/h7,9H,2-6H2,1H3,(H,14,15). The molecule has 1 aromatic heterocycles. The lowest BCUT2D eigenvalue weighted by atomic mass is 9.95. The van der Waals surface area contributed by atoms with Gasteiger partial charge in [0.15, 0.2) is 0 Å². The van der Waals surface area contributed by atoms with Gasteiger partial charge in [0.05, 0.1) is 5.02 Å². The summed E-state index contributed by atoms with van der Waals surface area (Å²) >= 11 is 7.50. The molecule has 1 saturated carbocycles. The van der Waals surface area contributed by atoms with E-state index in [9.17, 15) is 4.79 Å². The van der Waals surface area contributed by atoms with Gasteiger partial charge < -0.3 is 5.32 Å². The average molecular weight is 258 g/mol. The zero-order valence-corrected chi connectivity index (χ0v) is 11.0. The van der Waals surface area contributed by atoms with E-state index in [1.807, 2.05) is 12.3 Å². The Balaban J connectivity index is 1.99. The van der Waals surface area contributed by atoms with Gasteiger partial charge in [-0.25, -0.2) is 0 Å². The average Bonchev–Trinajstić information content (AvgIpc) is 2.61. The van der Waals surface area contributed by atoms with Crippen LogP contribution >= 0.6 is 22.9 Å². The predicted molar refractivity (Wildman–Crippen MR) is 68.4 cm³/mol. The van der Waals surface area contributed by atoms with Gasteiger partial charge in [-0.05, 0) is 30.7 Å². The van der Waals surface area contributed by atoms with Crippen LogP contribution in [-0.2, 0) is 0 Å². The van der Waals surface area contributed by atoms with Gasteiger partial charge in [0.2, 0.25) is 0 Å². The molecule has 0 atom stereocenters. The molecule has 0 spiro atoms. The molecular weight excluding hydrogens is 242 g/mol. The van der Waals surface area contributed by atoms with E-state index >= 15 is 0 Å². The zero-order chi connectivity index (χ0) is 11.5. The summed E-state index contributed by atoms with van der Waals surface area (Å²) in [5.41, 5.74) is 0.987. The number of hydrogen-bond donors (Lipinski definition) is 1. The molecule has 0 bridgehead atoms. The van der Waals surface area contributed by atoms with Crippen LogP contribution in [0.1, 0.15) is 47.3 Å². The normalized spacial score (nSPS) is 17.4. The summed E-state index contributed by atoms with van der Waals surface area (Å²) in [5.74, 6) is -0.00463. The summed E-state index contributed by atoms with van der Waals surface area (Å²) < 4.78 is 0. The van der Waals surface area contributed by atoms with E-state index in [-0.39, 0.29) is 5.91 Å². The number of halogens is 1. The van der Waals surface area contributed by atoms with Crippen LogP contribution in [0.25, 0.3) is 0 Å². The van der Waals surface area contributed by atoms with Gasteiger partial charge in [0.1, 0.15) is 4.88 Å². The zero-order valence-electron chi connectivity index (χ0n) is 9.38. The number of nitrogens with one attached hydrogen (secondary N) is 1. The minimum absolute atomic E-state index is 0.00463. The first kappa shape index (κ1) is 11.9. The maximum absolute atomic E-state index is 12.0. The quantitative estimate of drug-likeness (QED) is 0.859. The van der Waals surface area contributed by atoms with Crippen molar-refractivity contribution in [1.82, 2.24) is 5.32 Å². The second kappa shape index (κ2) is 5.19. The molecule has 1 fully saturated rings. The number of thiophene rings is 1. The number of rotatable bonds is 2. The van der Waals surface area contributed by atoms with E-state index in [2.05, 4.69) is 5.32 Å². The first-order valence-electron chi connectivity index (χ1n) is 5.73. The third-order valence-corrected chi connectivity index (χ3v) is 4.74. The van der Waals surface area contributed by atoms with Crippen LogP contribution < -0.4 is 5.32 Å². The highest BCUT2D eigenvalue weighted by atomic mass is 35.5. The molecule has 1 aliphatic rings. The number of hydrogen-bond acceptors (Lipinski definition) is 2. The fraction of sp³-hybridized carbons (Fsp3) is 0.583. The first-order valence-corrected chi connectivity index (χ1v) is 6.98. The van der Waals surface area contributed by atoms with E-state index in [1.54, 1.807) is 0 Å². The van der Waals surface area contributed by atoms with Gasteiger partial charge in [-0.15, -0.1) is 11.3 Å². The lowest BCUT2D eigenvalue weighted by molar-refractivity contribution is 0.0932. The highest BCUT2D eigenvalue weighted by Crippen LogP contribution is 2.27. The Morgan fingerprint density at radius 3 is 2.69 bits per heavy atom. The van der Waals surface area contributed by atoms with E-state index in [1.165, 1.54) is 30.6 Å². The van der Waals surface area contributed by atoms with Crippen molar-refractivity contribution in [2.45, 2.75) is 45.1 Å². The number of carbonyl (C=O) groups excluding carboxylic acids is 1. The summed E-state index contributed by atoms with van der Waals surface area (Å²) in [6, 6.07) is 0.347. The van der Waals surface area contributed by atoms with Crippen molar-refractivity contribution < 1.29 is 4.79 Å². The fourth-order valence-electron chi connectivity index (χ4n) is 2.08. The molecular formula is C12H16ClNOS. The van der Waals surface area contributed by atoms with Gasteiger partial charge in [-0.1, -0.05) is 30.9 Å². The Morgan fingerprint density at radius 1 is 1.44 bits per heavy atom. The highest BCUT2D eigenvalue weighted by Gasteiger charge is 2.19. The SMILES string of the molecule is Cc1csc(C(=O)NC2CCCCC2)c1Cl. The molecule has 1 N–H and O–H groups in total. The minimum atomic E-state index is -0.00463. The van der Waals surface area contributed by atoms with Crippen LogP contribution in [0.3, 0.4) is 0 Å². The lowest BCUT2D eigenvalue weighted by Gasteiger charge is -2.22. The van der Waals surface area contributed by atoms with E-state index in [0.717, 1.165) is 18.4 Å². The molecule has 16 heavy (non-hydrogen) atoms.